The van der Waals surface area contributed by atoms with Gasteiger partial charge in [-0.3, -0.25) is 9.59 Å². The predicted octanol–water partition coefficient (Wildman–Crippen LogP) is 3.71. The quantitative estimate of drug-likeness (QED) is 0.685. The Labute approximate surface area is 164 Å². The van der Waals surface area contributed by atoms with Crippen molar-refractivity contribution in [1.29, 1.82) is 0 Å². The Hall–Kier alpha value is -3.60. The van der Waals surface area contributed by atoms with Crippen molar-refractivity contribution >= 4 is 17.5 Å². The fourth-order valence-electron chi connectivity index (χ4n) is 2.90. The number of hydrogen-bond donors (Lipinski definition) is 1. The molecule has 3 aromatic rings. The standard InChI is InChI=1S/C23H22N2O3/c1-17-8-7-11-19(14-17)25(15-18-9-3-2-4-10-18)22(26)16-28-21-13-6-5-12-20(21)23(24)27/h2-14H,15-16H2,1H3,(H2,24,27). The zero-order chi connectivity index (χ0) is 19.9. The largest absolute Gasteiger partial charge is 0.483 e. The number of benzene rings is 3. The van der Waals surface area contributed by atoms with Crippen molar-refractivity contribution in [1.82, 2.24) is 0 Å². The number of para-hydroxylation sites is 1. The Morgan fingerprint density at radius 2 is 1.64 bits per heavy atom. The molecule has 2 N–H and O–H groups in total. The Morgan fingerprint density at radius 3 is 2.36 bits per heavy atom. The molecular formula is C23H22N2O3. The van der Waals surface area contributed by atoms with Crippen molar-refractivity contribution in [3.8, 4) is 5.75 Å². The van der Waals surface area contributed by atoms with Gasteiger partial charge in [0.05, 0.1) is 12.1 Å². The molecule has 0 saturated carbocycles. The Bertz CT molecular complexity index is 970. The maximum atomic E-state index is 13.0. The van der Waals surface area contributed by atoms with Gasteiger partial charge in [0.15, 0.2) is 6.61 Å². The van der Waals surface area contributed by atoms with E-state index in [1.54, 1.807) is 29.2 Å². The van der Waals surface area contributed by atoms with Crippen LogP contribution in [0.5, 0.6) is 5.75 Å². The smallest absolute Gasteiger partial charge is 0.265 e. The molecular weight excluding hydrogens is 352 g/mol. The summed E-state index contributed by atoms with van der Waals surface area (Å²) in [5, 5.41) is 0. The van der Waals surface area contributed by atoms with Crippen LogP contribution in [0.1, 0.15) is 21.5 Å². The van der Waals surface area contributed by atoms with Crippen LogP contribution in [0.25, 0.3) is 0 Å². The number of amides is 2. The van der Waals surface area contributed by atoms with E-state index >= 15 is 0 Å². The zero-order valence-electron chi connectivity index (χ0n) is 15.7. The summed E-state index contributed by atoms with van der Waals surface area (Å²) in [5.41, 5.74) is 8.49. The summed E-state index contributed by atoms with van der Waals surface area (Å²) >= 11 is 0. The number of ether oxygens (including phenoxy) is 1. The van der Waals surface area contributed by atoms with Gasteiger partial charge in [-0.2, -0.15) is 0 Å². The van der Waals surface area contributed by atoms with E-state index in [2.05, 4.69) is 0 Å². The van der Waals surface area contributed by atoms with Crippen LogP contribution < -0.4 is 15.4 Å². The maximum absolute atomic E-state index is 13.0. The average molecular weight is 374 g/mol. The highest BCUT2D eigenvalue weighted by Crippen LogP contribution is 2.21. The molecule has 0 heterocycles. The number of anilines is 1. The van der Waals surface area contributed by atoms with Gasteiger partial charge in [-0.1, -0.05) is 54.6 Å². The summed E-state index contributed by atoms with van der Waals surface area (Å²) in [5.74, 6) is -0.510. The molecule has 3 aromatic carbocycles. The van der Waals surface area contributed by atoms with Crippen LogP contribution in [0.2, 0.25) is 0 Å². The molecule has 0 unspecified atom stereocenters. The molecule has 0 bridgehead atoms. The van der Waals surface area contributed by atoms with Gasteiger partial charge in [0, 0.05) is 5.69 Å². The molecule has 142 valence electrons. The first-order chi connectivity index (χ1) is 13.5. The molecule has 0 spiro atoms. The maximum Gasteiger partial charge on any atom is 0.265 e. The summed E-state index contributed by atoms with van der Waals surface area (Å²) < 4.78 is 5.64. The van der Waals surface area contributed by atoms with Crippen LogP contribution in [-0.2, 0) is 11.3 Å². The molecule has 28 heavy (non-hydrogen) atoms. The lowest BCUT2D eigenvalue weighted by molar-refractivity contribution is -0.120. The van der Waals surface area contributed by atoms with Gasteiger partial charge in [-0.05, 0) is 42.3 Å². The molecule has 0 saturated heterocycles. The number of aryl methyl sites for hydroxylation is 1. The van der Waals surface area contributed by atoms with Crippen LogP contribution in [0.3, 0.4) is 0 Å². The summed E-state index contributed by atoms with van der Waals surface area (Å²) in [7, 11) is 0. The van der Waals surface area contributed by atoms with Gasteiger partial charge in [-0.25, -0.2) is 0 Å². The highest BCUT2D eigenvalue weighted by Gasteiger charge is 2.18. The van der Waals surface area contributed by atoms with E-state index < -0.39 is 5.91 Å². The van der Waals surface area contributed by atoms with Crippen LogP contribution >= 0.6 is 0 Å². The first kappa shape index (κ1) is 19.2. The Morgan fingerprint density at radius 1 is 0.929 bits per heavy atom. The minimum absolute atomic E-state index is 0.203. The number of nitrogens with zero attached hydrogens (tertiary/aromatic N) is 1. The fraction of sp³-hybridized carbons (Fsp3) is 0.130. The highest BCUT2D eigenvalue weighted by atomic mass is 16.5. The SMILES string of the molecule is Cc1cccc(N(Cc2ccccc2)C(=O)COc2ccccc2C(N)=O)c1. The number of primary amides is 1. The monoisotopic (exact) mass is 374 g/mol. The molecule has 5 heteroatoms. The number of rotatable bonds is 7. The summed E-state index contributed by atoms with van der Waals surface area (Å²) in [4.78, 5) is 26.2. The Kier molecular flexibility index (Phi) is 6.07. The molecule has 0 aliphatic rings. The molecule has 0 radical (unpaired) electrons. The molecule has 0 fully saturated rings. The predicted molar refractivity (Wildman–Crippen MR) is 109 cm³/mol. The second-order valence-corrected chi connectivity index (χ2v) is 6.45. The second-order valence-electron chi connectivity index (χ2n) is 6.45. The molecule has 2 amide bonds. The van der Waals surface area contributed by atoms with Crippen molar-refractivity contribution in [2.75, 3.05) is 11.5 Å². The third-order valence-corrected chi connectivity index (χ3v) is 4.30. The van der Waals surface area contributed by atoms with E-state index in [9.17, 15) is 9.59 Å². The van der Waals surface area contributed by atoms with Crippen LogP contribution in [0, 0.1) is 6.92 Å². The van der Waals surface area contributed by atoms with Gasteiger partial charge >= 0.3 is 0 Å². The van der Waals surface area contributed by atoms with Gasteiger partial charge in [0.1, 0.15) is 5.75 Å². The third kappa shape index (κ3) is 4.76. The highest BCUT2D eigenvalue weighted by molar-refractivity contribution is 5.96. The lowest BCUT2D eigenvalue weighted by Gasteiger charge is -2.24. The average Bonchev–Trinajstić information content (AvgIpc) is 2.71. The molecule has 0 atom stereocenters. The van der Waals surface area contributed by atoms with E-state index in [0.717, 1.165) is 16.8 Å². The minimum atomic E-state index is -0.595. The zero-order valence-corrected chi connectivity index (χ0v) is 15.7. The topological polar surface area (TPSA) is 72.6 Å². The first-order valence-corrected chi connectivity index (χ1v) is 8.97. The van der Waals surface area contributed by atoms with Crippen molar-refractivity contribution in [2.45, 2.75) is 13.5 Å². The summed E-state index contributed by atoms with van der Waals surface area (Å²) in [6.45, 7) is 2.20. The van der Waals surface area contributed by atoms with Gasteiger partial charge in [0.2, 0.25) is 0 Å². The first-order valence-electron chi connectivity index (χ1n) is 8.97. The van der Waals surface area contributed by atoms with E-state index in [0.29, 0.717) is 12.3 Å². The van der Waals surface area contributed by atoms with E-state index in [1.165, 1.54) is 0 Å². The van der Waals surface area contributed by atoms with Crippen molar-refractivity contribution in [2.24, 2.45) is 5.73 Å². The summed E-state index contributed by atoms with van der Waals surface area (Å²) in [6, 6.07) is 24.1. The van der Waals surface area contributed by atoms with E-state index in [-0.39, 0.29) is 18.1 Å². The summed E-state index contributed by atoms with van der Waals surface area (Å²) in [6.07, 6.45) is 0. The van der Waals surface area contributed by atoms with Crippen molar-refractivity contribution in [3.63, 3.8) is 0 Å². The van der Waals surface area contributed by atoms with E-state index in [1.807, 2.05) is 61.5 Å². The van der Waals surface area contributed by atoms with Crippen LogP contribution in [0.15, 0.2) is 78.9 Å². The number of carbonyl (C=O) groups is 2. The Balaban J connectivity index is 1.82. The van der Waals surface area contributed by atoms with Crippen molar-refractivity contribution < 1.29 is 14.3 Å². The minimum Gasteiger partial charge on any atom is -0.483 e. The lowest BCUT2D eigenvalue weighted by Crippen LogP contribution is -2.34. The van der Waals surface area contributed by atoms with E-state index in [4.69, 9.17) is 10.5 Å². The normalized spacial score (nSPS) is 10.3. The lowest BCUT2D eigenvalue weighted by atomic mass is 10.1. The number of hydrogen-bond acceptors (Lipinski definition) is 3. The fourth-order valence-corrected chi connectivity index (χ4v) is 2.90. The second kappa shape index (κ2) is 8.86. The van der Waals surface area contributed by atoms with Crippen LogP contribution in [-0.4, -0.2) is 18.4 Å². The van der Waals surface area contributed by atoms with Crippen molar-refractivity contribution in [3.05, 3.63) is 95.6 Å². The van der Waals surface area contributed by atoms with Gasteiger partial charge in [0.25, 0.3) is 11.8 Å². The molecule has 3 rings (SSSR count). The van der Waals surface area contributed by atoms with Crippen LogP contribution in [0.4, 0.5) is 5.69 Å². The molecule has 0 aromatic heterocycles. The molecule has 5 nitrogen and oxygen atoms in total. The number of carbonyl (C=O) groups excluding carboxylic acids is 2. The molecule has 0 aliphatic heterocycles. The molecule has 0 aliphatic carbocycles. The van der Waals surface area contributed by atoms with Gasteiger partial charge in [-0.15, -0.1) is 0 Å². The third-order valence-electron chi connectivity index (χ3n) is 4.30. The number of nitrogens with two attached hydrogens (primary N) is 1. The van der Waals surface area contributed by atoms with Gasteiger partial charge < -0.3 is 15.4 Å².